The molecule has 1 aromatic heterocycles. The van der Waals surface area contributed by atoms with Gasteiger partial charge in [0.05, 0.1) is 5.69 Å². The number of benzene rings is 1. The Morgan fingerprint density at radius 3 is 2.62 bits per heavy atom. The number of halogens is 1. The highest BCUT2D eigenvalue weighted by molar-refractivity contribution is 7.93. The smallest absolute Gasteiger partial charge is 0.266 e. The summed E-state index contributed by atoms with van der Waals surface area (Å²) in [5.41, 5.74) is 1.44. The van der Waals surface area contributed by atoms with E-state index in [0.717, 1.165) is 16.6 Å². The van der Waals surface area contributed by atoms with Gasteiger partial charge in [-0.25, -0.2) is 17.8 Å². The van der Waals surface area contributed by atoms with Crippen LogP contribution < -0.4 is 10.0 Å². The molecule has 0 saturated heterocycles. The second kappa shape index (κ2) is 6.08. The lowest BCUT2D eigenvalue weighted by Gasteiger charge is -2.08. The molecule has 5 nitrogen and oxygen atoms in total. The molecule has 0 aliphatic rings. The summed E-state index contributed by atoms with van der Waals surface area (Å²) in [5.74, 6) is -0.785. The molecule has 1 heterocycles. The highest BCUT2D eigenvalue weighted by Crippen LogP contribution is 2.25. The van der Waals surface area contributed by atoms with E-state index in [2.05, 4.69) is 15.0 Å². The molecule has 0 unspecified atom stereocenters. The molecule has 0 aliphatic heterocycles. The van der Waals surface area contributed by atoms with E-state index in [-0.39, 0.29) is 10.0 Å². The molecule has 0 bridgehead atoms. The summed E-state index contributed by atoms with van der Waals surface area (Å²) in [7, 11) is -2.26. The van der Waals surface area contributed by atoms with E-state index in [9.17, 15) is 12.8 Å². The van der Waals surface area contributed by atoms with Gasteiger partial charge in [0.15, 0.2) is 5.13 Å². The summed E-state index contributed by atoms with van der Waals surface area (Å²) >= 11 is 1.22. The number of hydrogen-bond acceptors (Lipinski definition) is 5. The highest BCUT2D eigenvalue weighted by Gasteiger charge is 2.21. The van der Waals surface area contributed by atoms with Crippen LogP contribution in [0.5, 0.6) is 0 Å². The van der Waals surface area contributed by atoms with Crippen LogP contribution in [0.25, 0.3) is 0 Å². The summed E-state index contributed by atoms with van der Waals surface area (Å²) in [5, 5.41) is 3.13. The Labute approximate surface area is 127 Å². The zero-order valence-corrected chi connectivity index (χ0v) is 13.5. The molecule has 0 aliphatic carbocycles. The minimum Gasteiger partial charge on any atom is -0.316 e. The van der Waals surface area contributed by atoms with Crippen molar-refractivity contribution < 1.29 is 12.8 Å². The Morgan fingerprint density at radius 1 is 1.33 bits per heavy atom. The lowest BCUT2D eigenvalue weighted by molar-refractivity contribution is 0.569. The monoisotopic (exact) mass is 329 g/mol. The van der Waals surface area contributed by atoms with E-state index in [0.29, 0.717) is 12.1 Å². The van der Waals surface area contributed by atoms with Crippen LogP contribution in [0.1, 0.15) is 16.1 Å². The fourth-order valence-corrected chi connectivity index (χ4v) is 3.93. The summed E-state index contributed by atoms with van der Waals surface area (Å²) in [6, 6.07) is 4.02. The molecule has 0 atom stereocenters. The van der Waals surface area contributed by atoms with Crippen LogP contribution in [0, 0.1) is 19.7 Å². The third kappa shape index (κ3) is 3.58. The van der Waals surface area contributed by atoms with Crippen LogP contribution in [-0.4, -0.2) is 20.4 Å². The molecular weight excluding hydrogens is 313 g/mol. The van der Waals surface area contributed by atoms with Gasteiger partial charge >= 0.3 is 0 Å². The topological polar surface area (TPSA) is 71.1 Å². The minimum atomic E-state index is -3.99. The van der Waals surface area contributed by atoms with E-state index in [1.807, 2.05) is 6.92 Å². The van der Waals surface area contributed by atoms with Crippen molar-refractivity contribution in [2.75, 3.05) is 11.8 Å². The van der Waals surface area contributed by atoms with E-state index in [1.54, 1.807) is 20.0 Å². The molecule has 21 heavy (non-hydrogen) atoms. The zero-order valence-electron chi connectivity index (χ0n) is 11.9. The Hall–Kier alpha value is -1.51. The largest absolute Gasteiger partial charge is 0.316 e. The van der Waals surface area contributed by atoms with Gasteiger partial charge in [-0.3, -0.25) is 4.72 Å². The molecule has 2 rings (SSSR count). The van der Waals surface area contributed by atoms with E-state index in [1.165, 1.54) is 17.4 Å². The van der Waals surface area contributed by atoms with Gasteiger partial charge in [0.25, 0.3) is 10.0 Å². The first-order valence-corrected chi connectivity index (χ1v) is 8.53. The lowest BCUT2D eigenvalue weighted by Crippen LogP contribution is -2.15. The number of aromatic nitrogens is 1. The molecule has 0 amide bonds. The van der Waals surface area contributed by atoms with Crippen LogP contribution in [0.15, 0.2) is 23.1 Å². The van der Waals surface area contributed by atoms with Gasteiger partial charge in [-0.2, -0.15) is 0 Å². The Bertz CT molecular complexity index is 737. The SMILES string of the molecule is CNCc1ccc(F)c(S(=O)(=O)Nc2nc(C)c(C)s2)c1. The first kappa shape index (κ1) is 15.9. The molecule has 1 aromatic carbocycles. The number of aryl methyl sites for hydroxylation is 2. The van der Waals surface area contributed by atoms with E-state index >= 15 is 0 Å². The maximum Gasteiger partial charge on any atom is 0.266 e. The quantitative estimate of drug-likeness (QED) is 0.884. The molecule has 8 heteroatoms. The van der Waals surface area contributed by atoms with Gasteiger partial charge in [-0.15, -0.1) is 11.3 Å². The molecule has 0 fully saturated rings. The van der Waals surface area contributed by atoms with Crippen molar-refractivity contribution >= 4 is 26.5 Å². The minimum absolute atomic E-state index is 0.239. The van der Waals surface area contributed by atoms with Crippen LogP contribution >= 0.6 is 11.3 Å². The molecule has 0 spiro atoms. The van der Waals surface area contributed by atoms with Crippen molar-refractivity contribution in [3.8, 4) is 0 Å². The summed E-state index contributed by atoms with van der Waals surface area (Å²) in [6.07, 6.45) is 0. The Kier molecular flexibility index (Phi) is 4.60. The van der Waals surface area contributed by atoms with Gasteiger partial charge in [0.2, 0.25) is 0 Å². The van der Waals surface area contributed by atoms with Crippen LogP contribution in [0.3, 0.4) is 0 Å². The number of hydrogen-bond donors (Lipinski definition) is 2. The third-order valence-electron chi connectivity index (χ3n) is 2.92. The average Bonchev–Trinajstić information content (AvgIpc) is 2.70. The average molecular weight is 329 g/mol. The third-order valence-corrected chi connectivity index (χ3v) is 5.39. The number of thiazole rings is 1. The van der Waals surface area contributed by atoms with Gasteiger partial charge in [-0.1, -0.05) is 6.07 Å². The molecule has 2 N–H and O–H groups in total. The Balaban J connectivity index is 2.36. The maximum absolute atomic E-state index is 13.8. The van der Waals surface area contributed by atoms with Crippen molar-refractivity contribution in [2.24, 2.45) is 0 Å². The van der Waals surface area contributed by atoms with Crippen molar-refractivity contribution in [2.45, 2.75) is 25.3 Å². The van der Waals surface area contributed by atoms with Crippen LogP contribution in [-0.2, 0) is 16.6 Å². The van der Waals surface area contributed by atoms with Gasteiger partial charge in [-0.05, 0) is 38.6 Å². The van der Waals surface area contributed by atoms with E-state index in [4.69, 9.17) is 0 Å². The van der Waals surface area contributed by atoms with Crippen molar-refractivity contribution in [3.63, 3.8) is 0 Å². The zero-order chi connectivity index (χ0) is 15.6. The second-order valence-electron chi connectivity index (χ2n) is 4.56. The summed E-state index contributed by atoms with van der Waals surface area (Å²) < 4.78 is 40.8. The number of nitrogens with zero attached hydrogens (tertiary/aromatic N) is 1. The van der Waals surface area contributed by atoms with Gasteiger partial charge in [0, 0.05) is 11.4 Å². The van der Waals surface area contributed by atoms with Crippen LogP contribution in [0.2, 0.25) is 0 Å². The fourth-order valence-electron chi connectivity index (χ4n) is 1.75. The maximum atomic E-state index is 13.8. The number of rotatable bonds is 5. The summed E-state index contributed by atoms with van der Waals surface area (Å²) in [6.45, 7) is 4.09. The molecule has 0 radical (unpaired) electrons. The molecular formula is C13H16FN3O2S2. The molecule has 0 saturated carbocycles. The Morgan fingerprint density at radius 2 is 2.05 bits per heavy atom. The van der Waals surface area contributed by atoms with Gasteiger partial charge in [0.1, 0.15) is 10.7 Å². The lowest BCUT2D eigenvalue weighted by atomic mass is 10.2. The number of sulfonamides is 1. The van der Waals surface area contributed by atoms with Crippen molar-refractivity contribution in [1.29, 1.82) is 0 Å². The highest BCUT2D eigenvalue weighted by atomic mass is 32.2. The predicted molar refractivity (Wildman–Crippen MR) is 81.6 cm³/mol. The standard InChI is InChI=1S/C13H16FN3O2S2/c1-8-9(2)20-13(16-8)17-21(18,19)12-6-10(7-15-3)4-5-11(12)14/h4-6,15H,7H2,1-3H3,(H,16,17). The number of nitrogens with one attached hydrogen (secondary N) is 2. The summed E-state index contributed by atoms with van der Waals surface area (Å²) in [4.78, 5) is 4.64. The fraction of sp³-hybridized carbons (Fsp3) is 0.308. The van der Waals surface area contributed by atoms with Crippen molar-refractivity contribution in [3.05, 3.63) is 40.2 Å². The van der Waals surface area contributed by atoms with Crippen molar-refractivity contribution in [1.82, 2.24) is 10.3 Å². The molecule has 2 aromatic rings. The first-order chi connectivity index (χ1) is 9.83. The normalized spacial score (nSPS) is 11.6. The number of anilines is 1. The predicted octanol–water partition coefficient (Wildman–Crippen LogP) is 2.42. The molecule has 114 valence electrons. The second-order valence-corrected chi connectivity index (χ2v) is 7.42. The first-order valence-electron chi connectivity index (χ1n) is 6.23. The van der Waals surface area contributed by atoms with Gasteiger partial charge < -0.3 is 5.32 Å². The van der Waals surface area contributed by atoms with Crippen LogP contribution in [0.4, 0.5) is 9.52 Å². The van der Waals surface area contributed by atoms with E-state index < -0.39 is 15.8 Å².